The lowest BCUT2D eigenvalue weighted by molar-refractivity contribution is 0.0697. The molecule has 1 aliphatic carbocycles. The largest absolute Gasteiger partial charge is 0.478 e. The molecule has 2 N–H and O–H groups in total. The molecule has 110 valence electrons. The third kappa shape index (κ3) is 3.41. The molecule has 4 heteroatoms. The lowest BCUT2D eigenvalue weighted by atomic mass is 9.93. The fourth-order valence-electron chi connectivity index (χ4n) is 3.18. The third-order valence-corrected chi connectivity index (χ3v) is 5.34. The lowest BCUT2D eigenvalue weighted by Crippen LogP contribution is -2.32. The quantitative estimate of drug-likeness (QED) is 0.850. The molecular formula is C16H22BrNO2. The Morgan fingerprint density at radius 1 is 1.45 bits per heavy atom. The zero-order valence-corrected chi connectivity index (χ0v) is 13.6. The minimum absolute atomic E-state index is 0.320. The van der Waals surface area contributed by atoms with Crippen molar-refractivity contribution in [1.82, 2.24) is 5.32 Å². The van der Waals surface area contributed by atoms with Crippen molar-refractivity contribution in [2.45, 2.75) is 45.7 Å². The topological polar surface area (TPSA) is 49.3 Å². The highest BCUT2D eigenvalue weighted by molar-refractivity contribution is 9.10. The smallest absolute Gasteiger partial charge is 0.335 e. The molecule has 1 aliphatic rings. The minimum Gasteiger partial charge on any atom is -0.478 e. The Kier molecular flexibility index (Phi) is 5.22. The van der Waals surface area contributed by atoms with Crippen LogP contribution in [-0.2, 0) is 6.54 Å². The second-order valence-corrected chi connectivity index (χ2v) is 6.56. The molecule has 20 heavy (non-hydrogen) atoms. The molecule has 1 aromatic rings. The number of aromatic carboxylic acids is 1. The summed E-state index contributed by atoms with van der Waals surface area (Å²) in [6.45, 7) is 5.39. The molecule has 1 fully saturated rings. The molecule has 0 amide bonds. The van der Waals surface area contributed by atoms with Crippen LogP contribution >= 0.6 is 15.9 Å². The van der Waals surface area contributed by atoms with Crippen LogP contribution in [0.3, 0.4) is 0 Å². The summed E-state index contributed by atoms with van der Waals surface area (Å²) in [4.78, 5) is 10.9. The van der Waals surface area contributed by atoms with Gasteiger partial charge in [0, 0.05) is 17.1 Å². The number of hydrogen-bond donors (Lipinski definition) is 2. The van der Waals surface area contributed by atoms with Gasteiger partial charge in [-0.3, -0.25) is 0 Å². The van der Waals surface area contributed by atoms with Crippen LogP contribution in [-0.4, -0.2) is 17.1 Å². The van der Waals surface area contributed by atoms with Gasteiger partial charge in [0.15, 0.2) is 0 Å². The first-order valence-electron chi connectivity index (χ1n) is 7.28. The maximum atomic E-state index is 10.9. The Labute approximate surface area is 128 Å². The molecule has 0 heterocycles. The SMILES string of the molecule is CCC1CCC(NCc2ccc(C(=O)O)cc2Br)C1C. The van der Waals surface area contributed by atoms with Crippen molar-refractivity contribution in [1.29, 1.82) is 0 Å². The first-order chi connectivity index (χ1) is 9.52. The molecule has 0 aliphatic heterocycles. The third-order valence-electron chi connectivity index (χ3n) is 4.61. The molecule has 0 bridgehead atoms. The van der Waals surface area contributed by atoms with Gasteiger partial charge < -0.3 is 10.4 Å². The van der Waals surface area contributed by atoms with Crippen LogP contribution in [0.4, 0.5) is 0 Å². The summed E-state index contributed by atoms with van der Waals surface area (Å²) in [6.07, 6.45) is 3.81. The van der Waals surface area contributed by atoms with E-state index in [9.17, 15) is 4.79 Å². The molecule has 0 saturated heterocycles. The van der Waals surface area contributed by atoms with Crippen molar-refractivity contribution in [3.05, 3.63) is 33.8 Å². The van der Waals surface area contributed by atoms with E-state index >= 15 is 0 Å². The van der Waals surface area contributed by atoms with Crippen LogP contribution in [0.25, 0.3) is 0 Å². The van der Waals surface area contributed by atoms with Gasteiger partial charge in [0.2, 0.25) is 0 Å². The van der Waals surface area contributed by atoms with Crippen molar-refractivity contribution in [2.75, 3.05) is 0 Å². The summed E-state index contributed by atoms with van der Waals surface area (Å²) < 4.78 is 0.864. The first kappa shape index (κ1) is 15.5. The van der Waals surface area contributed by atoms with Gasteiger partial charge >= 0.3 is 5.97 Å². The van der Waals surface area contributed by atoms with Crippen LogP contribution < -0.4 is 5.32 Å². The van der Waals surface area contributed by atoms with E-state index in [-0.39, 0.29) is 0 Å². The summed E-state index contributed by atoms with van der Waals surface area (Å²) in [5, 5.41) is 12.6. The van der Waals surface area contributed by atoms with Crippen LogP contribution in [0.5, 0.6) is 0 Å². The number of nitrogens with one attached hydrogen (secondary N) is 1. The molecule has 3 atom stereocenters. The summed E-state index contributed by atoms with van der Waals surface area (Å²) >= 11 is 3.46. The number of rotatable bonds is 5. The molecule has 2 rings (SSSR count). The second-order valence-electron chi connectivity index (χ2n) is 5.70. The summed E-state index contributed by atoms with van der Waals surface area (Å²) in [6, 6.07) is 5.80. The zero-order valence-electron chi connectivity index (χ0n) is 12.0. The van der Waals surface area contributed by atoms with E-state index in [2.05, 4.69) is 35.1 Å². The molecule has 1 saturated carbocycles. The number of hydrogen-bond acceptors (Lipinski definition) is 2. The van der Waals surface area contributed by atoms with Crippen LogP contribution in [0.1, 0.15) is 49.0 Å². The van der Waals surface area contributed by atoms with Gasteiger partial charge in [-0.05, 0) is 42.4 Å². The first-order valence-corrected chi connectivity index (χ1v) is 8.07. The molecule has 1 aromatic carbocycles. The average molecular weight is 340 g/mol. The van der Waals surface area contributed by atoms with E-state index in [4.69, 9.17) is 5.11 Å². The molecular weight excluding hydrogens is 318 g/mol. The molecule has 0 spiro atoms. The van der Waals surface area contributed by atoms with E-state index in [1.165, 1.54) is 19.3 Å². The standard InChI is InChI=1S/C16H22BrNO2/c1-3-11-6-7-15(10(11)2)18-9-13-5-4-12(16(19)20)8-14(13)17/h4-5,8,10-11,15,18H,3,6-7,9H2,1-2H3,(H,19,20). The average Bonchev–Trinajstić information content (AvgIpc) is 2.77. The number of carboxylic acid groups (broad SMARTS) is 1. The minimum atomic E-state index is -0.889. The second kappa shape index (κ2) is 6.72. The van der Waals surface area contributed by atoms with E-state index in [1.807, 2.05) is 6.07 Å². The lowest BCUT2D eigenvalue weighted by Gasteiger charge is -2.21. The van der Waals surface area contributed by atoms with Gasteiger partial charge in [-0.1, -0.05) is 42.3 Å². The number of carbonyl (C=O) groups is 1. The Morgan fingerprint density at radius 3 is 2.75 bits per heavy atom. The van der Waals surface area contributed by atoms with Crippen molar-refractivity contribution < 1.29 is 9.90 Å². The van der Waals surface area contributed by atoms with Crippen molar-refractivity contribution in [2.24, 2.45) is 11.8 Å². The predicted octanol–water partition coefficient (Wildman–Crippen LogP) is 4.06. The Hall–Kier alpha value is -0.870. The van der Waals surface area contributed by atoms with Gasteiger partial charge in [0.1, 0.15) is 0 Å². The zero-order chi connectivity index (χ0) is 14.7. The fourth-order valence-corrected chi connectivity index (χ4v) is 3.70. The highest BCUT2D eigenvalue weighted by atomic mass is 79.9. The summed E-state index contributed by atoms with van der Waals surface area (Å²) in [5.74, 6) is 0.669. The van der Waals surface area contributed by atoms with Crippen LogP contribution in [0, 0.1) is 11.8 Å². The van der Waals surface area contributed by atoms with Gasteiger partial charge in [0.05, 0.1) is 5.56 Å². The number of benzene rings is 1. The van der Waals surface area contributed by atoms with Crippen molar-refractivity contribution in [3.8, 4) is 0 Å². The number of halogens is 1. The van der Waals surface area contributed by atoms with Gasteiger partial charge in [0.25, 0.3) is 0 Å². The molecule has 3 unspecified atom stereocenters. The van der Waals surface area contributed by atoms with Gasteiger partial charge in [-0.15, -0.1) is 0 Å². The van der Waals surface area contributed by atoms with E-state index < -0.39 is 5.97 Å². The van der Waals surface area contributed by atoms with Gasteiger partial charge in [-0.25, -0.2) is 4.79 Å². The summed E-state index contributed by atoms with van der Waals surface area (Å²) in [7, 11) is 0. The summed E-state index contributed by atoms with van der Waals surface area (Å²) in [5.41, 5.74) is 1.43. The van der Waals surface area contributed by atoms with Crippen LogP contribution in [0.15, 0.2) is 22.7 Å². The molecule has 3 nitrogen and oxygen atoms in total. The maximum absolute atomic E-state index is 10.9. The highest BCUT2D eigenvalue weighted by Gasteiger charge is 2.30. The van der Waals surface area contributed by atoms with E-state index in [0.717, 1.165) is 28.4 Å². The van der Waals surface area contributed by atoms with Crippen LogP contribution in [0.2, 0.25) is 0 Å². The Bertz CT molecular complexity index is 489. The monoisotopic (exact) mass is 339 g/mol. The Morgan fingerprint density at radius 2 is 2.20 bits per heavy atom. The van der Waals surface area contributed by atoms with E-state index in [0.29, 0.717) is 11.6 Å². The highest BCUT2D eigenvalue weighted by Crippen LogP contribution is 2.34. The van der Waals surface area contributed by atoms with E-state index in [1.54, 1.807) is 12.1 Å². The molecule has 0 radical (unpaired) electrons. The predicted molar refractivity (Wildman–Crippen MR) is 83.9 cm³/mol. The van der Waals surface area contributed by atoms with Gasteiger partial charge in [-0.2, -0.15) is 0 Å². The fraction of sp³-hybridized carbons (Fsp3) is 0.562. The van der Waals surface area contributed by atoms with Crippen molar-refractivity contribution in [3.63, 3.8) is 0 Å². The Balaban J connectivity index is 1.96. The number of carboxylic acids is 1. The normalized spacial score (nSPS) is 25.9. The van der Waals surface area contributed by atoms with Crippen molar-refractivity contribution >= 4 is 21.9 Å². The maximum Gasteiger partial charge on any atom is 0.335 e. The molecule has 0 aromatic heterocycles.